The Bertz CT molecular complexity index is 74.0. The Kier molecular flexibility index (Phi) is 8.41. The highest BCUT2D eigenvalue weighted by Gasteiger charge is 1.97. The zero-order valence-corrected chi connectivity index (χ0v) is 8.90. The highest BCUT2D eigenvalue weighted by atomic mass is 28.3. The van der Waals surface area contributed by atoms with Crippen molar-refractivity contribution in [3.05, 3.63) is 0 Å². The fraction of sp³-hybridized carbons (Fsp3) is 1.00. The predicted molar refractivity (Wildman–Crippen MR) is 52.0 cm³/mol. The molecule has 0 amide bonds. The Morgan fingerprint density at radius 2 is 1.55 bits per heavy atom. The Balaban J connectivity index is 2.80. The van der Waals surface area contributed by atoms with Crippen LogP contribution in [0.3, 0.4) is 0 Å². The standard InChI is InChI=1S/C9H21OSi/c1-3-4-5-6-7-8-9-11(2)10/h10H,3-9H2,1-2H3. The van der Waals surface area contributed by atoms with Gasteiger partial charge in [0.25, 0.3) is 0 Å². The number of hydrogen-bond acceptors (Lipinski definition) is 1. The van der Waals surface area contributed by atoms with Crippen molar-refractivity contribution >= 4 is 9.04 Å². The quantitative estimate of drug-likeness (QED) is 0.463. The minimum absolute atomic E-state index is 0.927. The van der Waals surface area contributed by atoms with Crippen molar-refractivity contribution < 1.29 is 4.80 Å². The van der Waals surface area contributed by atoms with Gasteiger partial charge in [0.05, 0.1) is 0 Å². The largest absolute Gasteiger partial charge is 0.432 e. The molecule has 11 heavy (non-hydrogen) atoms. The third-order valence-corrected chi connectivity index (χ3v) is 2.97. The van der Waals surface area contributed by atoms with E-state index in [0.29, 0.717) is 0 Å². The molecule has 67 valence electrons. The van der Waals surface area contributed by atoms with E-state index in [-0.39, 0.29) is 0 Å². The molecule has 0 aliphatic carbocycles. The second kappa shape index (κ2) is 8.28. The Morgan fingerprint density at radius 1 is 1.00 bits per heavy atom. The molecule has 0 aromatic rings. The van der Waals surface area contributed by atoms with Gasteiger partial charge >= 0.3 is 0 Å². The van der Waals surface area contributed by atoms with Crippen molar-refractivity contribution in [1.29, 1.82) is 0 Å². The number of rotatable bonds is 7. The predicted octanol–water partition coefficient (Wildman–Crippen LogP) is 2.96. The monoisotopic (exact) mass is 173 g/mol. The van der Waals surface area contributed by atoms with E-state index < -0.39 is 9.04 Å². The summed E-state index contributed by atoms with van der Waals surface area (Å²) in [4.78, 5) is 9.06. The lowest BCUT2D eigenvalue weighted by Gasteiger charge is -2.00. The van der Waals surface area contributed by atoms with Crippen LogP contribution >= 0.6 is 0 Å². The molecule has 0 rings (SSSR count). The minimum atomic E-state index is -0.927. The van der Waals surface area contributed by atoms with Crippen LogP contribution in [-0.4, -0.2) is 13.8 Å². The number of unbranched alkanes of at least 4 members (excludes halogenated alkanes) is 5. The average Bonchev–Trinajstić information content (AvgIpc) is 1.96. The Hall–Kier alpha value is 0.177. The lowest BCUT2D eigenvalue weighted by atomic mass is 10.1. The van der Waals surface area contributed by atoms with E-state index in [9.17, 15) is 0 Å². The molecular weight excluding hydrogens is 152 g/mol. The molecule has 0 atom stereocenters. The van der Waals surface area contributed by atoms with Gasteiger partial charge in [0.15, 0.2) is 0 Å². The van der Waals surface area contributed by atoms with Crippen molar-refractivity contribution in [1.82, 2.24) is 0 Å². The van der Waals surface area contributed by atoms with Gasteiger partial charge in [-0.2, -0.15) is 0 Å². The van der Waals surface area contributed by atoms with Gasteiger partial charge in [0.2, 0.25) is 9.04 Å². The summed E-state index contributed by atoms with van der Waals surface area (Å²) in [5.41, 5.74) is 0. The van der Waals surface area contributed by atoms with Crippen LogP contribution in [0.15, 0.2) is 0 Å². The van der Waals surface area contributed by atoms with Crippen LogP contribution in [0.25, 0.3) is 0 Å². The summed E-state index contributed by atoms with van der Waals surface area (Å²) in [5.74, 6) is 0. The topological polar surface area (TPSA) is 20.2 Å². The zero-order chi connectivity index (χ0) is 8.53. The lowest BCUT2D eigenvalue weighted by molar-refractivity contribution is 0.561. The molecule has 0 unspecified atom stereocenters. The van der Waals surface area contributed by atoms with Gasteiger partial charge in [-0.3, -0.25) is 0 Å². The number of hydrogen-bond donors (Lipinski definition) is 1. The average molecular weight is 173 g/mol. The minimum Gasteiger partial charge on any atom is -0.432 e. The molecule has 0 aromatic heterocycles. The van der Waals surface area contributed by atoms with Crippen LogP contribution in [0, 0.1) is 0 Å². The molecule has 0 saturated heterocycles. The van der Waals surface area contributed by atoms with Crippen molar-refractivity contribution in [3.63, 3.8) is 0 Å². The molecule has 1 nitrogen and oxygen atoms in total. The fourth-order valence-electron chi connectivity index (χ4n) is 1.16. The van der Waals surface area contributed by atoms with Gasteiger partial charge in [-0.25, -0.2) is 0 Å². The summed E-state index contributed by atoms with van der Waals surface area (Å²) >= 11 is 0. The van der Waals surface area contributed by atoms with Gasteiger partial charge in [0.1, 0.15) is 0 Å². The maximum atomic E-state index is 9.06. The first-order chi connectivity index (χ1) is 5.27. The lowest BCUT2D eigenvalue weighted by Crippen LogP contribution is -2.03. The van der Waals surface area contributed by atoms with Gasteiger partial charge in [-0.1, -0.05) is 45.4 Å². The van der Waals surface area contributed by atoms with Crippen LogP contribution in [0.4, 0.5) is 0 Å². The molecule has 0 aliphatic rings. The summed E-state index contributed by atoms with van der Waals surface area (Å²) in [5, 5.41) is 0. The maximum absolute atomic E-state index is 9.06. The Morgan fingerprint density at radius 3 is 2.09 bits per heavy atom. The first-order valence-corrected chi connectivity index (χ1v) is 6.94. The van der Waals surface area contributed by atoms with E-state index in [1.54, 1.807) is 0 Å². The van der Waals surface area contributed by atoms with E-state index in [0.717, 1.165) is 6.04 Å². The van der Waals surface area contributed by atoms with Gasteiger partial charge in [-0.15, -0.1) is 0 Å². The van der Waals surface area contributed by atoms with Gasteiger partial charge in [-0.05, 0) is 12.6 Å². The summed E-state index contributed by atoms with van der Waals surface area (Å²) in [6.45, 7) is 4.21. The second-order valence-electron chi connectivity index (χ2n) is 3.25. The molecule has 0 heterocycles. The van der Waals surface area contributed by atoms with E-state index in [2.05, 4.69) is 6.92 Å². The van der Waals surface area contributed by atoms with E-state index in [4.69, 9.17) is 4.80 Å². The van der Waals surface area contributed by atoms with Crippen molar-refractivity contribution in [2.24, 2.45) is 0 Å². The molecule has 1 radical (unpaired) electrons. The van der Waals surface area contributed by atoms with Crippen LogP contribution in [0.1, 0.15) is 45.4 Å². The van der Waals surface area contributed by atoms with E-state index in [1.165, 1.54) is 38.5 Å². The Labute approximate surface area is 72.6 Å². The summed E-state index contributed by atoms with van der Waals surface area (Å²) < 4.78 is 0. The molecule has 0 bridgehead atoms. The van der Waals surface area contributed by atoms with Gasteiger partial charge < -0.3 is 4.80 Å². The zero-order valence-electron chi connectivity index (χ0n) is 7.90. The molecule has 0 spiro atoms. The molecular formula is C9H21OSi. The van der Waals surface area contributed by atoms with Gasteiger partial charge in [0, 0.05) is 0 Å². The molecule has 0 aliphatic heterocycles. The van der Waals surface area contributed by atoms with Crippen molar-refractivity contribution in [2.45, 2.75) is 58.0 Å². The smallest absolute Gasteiger partial charge is 0.203 e. The van der Waals surface area contributed by atoms with E-state index in [1.807, 2.05) is 6.55 Å². The van der Waals surface area contributed by atoms with Crippen LogP contribution < -0.4 is 0 Å². The molecule has 1 N–H and O–H groups in total. The SMILES string of the molecule is CCCCCCCC[Si](C)O. The highest BCUT2D eigenvalue weighted by molar-refractivity contribution is 6.48. The third kappa shape index (κ3) is 10.2. The first kappa shape index (κ1) is 11.2. The summed E-state index contributed by atoms with van der Waals surface area (Å²) in [6.07, 6.45) is 8.01. The highest BCUT2D eigenvalue weighted by Crippen LogP contribution is 2.07. The molecule has 0 aromatic carbocycles. The van der Waals surface area contributed by atoms with Crippen LogP contribution in [0.2, 0.25) is 12.6 Å². The van der Waals surface area contributed by atoms with Crippen LogP contribution in [0.5, 0.6) is 0 Å². The fourth-order valence-corrected chi connectivity index (χ4v) is 1.92. The third-order valence-electron chi connectivity index (χ3n) is 1.89. The second-order valence-corrected chi connectivity index (χ2v) is 5.22. The summed E-state index contributed by atoms with van der Waals surface area (Å²) in [7, 11) is -0.927. The molecule has 0 saturated carbocycles. The van der Waals surface area contributed by atoms with Crippen molar-refractivity contribution in [2.75, 3.05) is 0 Å². The molecule has 2 heteroatoms. The summed E-state index contributed by atoms with van der Waals surface area (Å²) in [6, 6.07) is 1.08. The van der Waals surface area contributed by atoms with E-state index >= 15 is 0 Å². The molecule has 0 fully saturated rings. The van der Waals surface area contributed by atoms with Crippen molar-refractivity contribution in [3.8, 4) is 0 Å². The normalized spacial score (nSPS) is 10.9. The van der Waals surface area contributed by atoms with Crippen LogP contribution in [-0.2, 0) is 0 Å². The maximum Gasteiger partial charge on any atom is 0.203 e. The first-order valence-electron chi connectivity index (χ1n) is 4.78.